The molecule has 0 radical (unpaired) electrons. The topological polar surface area (TPSA) is 38.3 Å². The molecule has 0 bridgehead atoms. The first-order chi connectivity index (χ1) is 8.75. The summed E-state index contributed by atoms with van der Waals surface area (Å²) >= 11 is 1.61. The van der Waals surface area contributed by atoms with Gasteiger partial charge in [0.2, 0.25) is 0 Å². The van der Waals surface area contributed by atoms with Gasteiger partial charge in [-0.1, -0.05) is 12.8 Å². The first kappa shape index (κ1) is 13.6. The van der Waals surface area contributed by atoms with Crippen LogP contribution in [-0.2, 0) is 4.74 Å². The van der Waals surface area contributed by atoms with Gasteiger partial charge in [-0.2, -0.15) is 0 Å². The van der Waals surface area contributed by atoms with Crippen LogP contribution in [-0.4, -0.2) is 25.2 Å². The average Bonchev–Trinajstić information content (AvgIpc) is 2.99. The molecule has 1 saturated carbocycles. The molecule has 1 aliphatic carbocycles. The van der Waals surface area contributed by atoms with Crippen LogP contribution in [0.3, 0.4) is 0 Å². The second kappa shape index (κ2) is 6.90. The Balaban J connectivity index is 1.56. The maximum absolute atomic E-state index is 11.7. The quantitative estimate of drug-likeness (QED) is 0.804. The van der Waals surface area contributed by atoms with Gasteiger partial charge >= 0.3 is 0 Å². The fraction of sp³-hybridized carbons (Fsp3) is 0.643. The molecular formula is C14H21NO2S. The van der Waals surface area contributed by atoms with Gasteiger partial charge in [0.1, 0.15) is 0 Å². The molecule has 0 atom stereocenters. The molecule has 0 aromatic carbocycles. The molecule has 0 unspecified atom stereocenters. The van der Waals surface area contributed by atoms with Crippen LogP contribution in [0.2, 0.25) is 0 Å². The predicted octanol–water partition coefficient (Wildman–Crippen LogP) is 3.14. The highest BCUT2D eigenvalue weighted by Crippen LogP contribution is 2.20. The predicted molar refractivity (Wildman–Crippen MR) is 74.2 cm³/mol. The van der Waals surface area contributed by atoms with Gasteiger partial charge in [0, 0.05) is 23.4 Å². The summed E-state index contributed by atoms with van der Waals surface area (Å²) in [4.78, 5) is 12.9. The number of carbonyl (C=O) groups is 1. The Morgan fingerprint density at radius 1 is 1.50 bits per heavy atom. The zero-order valence-corrected chi connectivity index (χ0v) is 11.7. The van der Waals surface area contributed by atoms with Crippen LogP contribution < -0.4 is 5.32 Å². The van der Waals surface area contributed by atoms with Crippen molar-refractivity contribution in [2.24, 2.45) is 0 Å². The standard InChI is InChI=1S/C14H21NO2S/c1-11-9-12(10-18-11)14(16)15-7-4-8-17-13-5-2-3-6-13/h9-10,13H,2-8H2,1H3,(H,15,16). The number of rotatable bonds is 6. The van der Waals surface area contributed by atoms with Crippen molar-refractivity contribution in [2.75, 3.05) is 13.2 Å². The van der Waals surface area contributed by atoms with Crippen molar-refractivity contribution in [3.63, 3.8) is 0 Å². The molecule has 1 fully saturated rings. The molecule has 1 aliphatic rings. The molecule has 0 aliphatic heterocycles. The van der Waals surface area contributed by atoms with E-state index in [1.807, 2.05) is 18.4 Å². The van der Waals surface area contributed by atoms with Crippen molar-refractivity contribution in [3.8, 4) is 0 Å². The van der Waals surface area contributed by atoms with Crippen LogP contribution in [0.5, 0.6) is 0 Å². The number of hydrogen-bond donors (Lipinski definition) is 1. The maximum atomic E-state index is 11.7. The summed E-state index contributed by atoms with van der Waals surface area (Å²) in [5.41, 5.74) is 0.772. The fourth-order valence-corrected chi connectivity index (χ4v) is 2.93. The lowest BCUT2D eigenvalue weighted by Gasteiger charge is -2.10. The zero-order valence-electron chi connectivity index (χ0n) is 10.9. The van der Waals surface area contributed by atoms with Crippen molar-refractivity contribution >= 4 is 17.2 Å². The minimum atomic E-state index is 0.0280. The Kier molecular flexibility index (Phi) is 5.20. The Hall–Kier alpha value is -0.870. The van der Waals surface area contributed by atoms with E-state index >= 15 is 0 Å². The van der Waals surface area contributed by atoms with Gasteiger partial charge in [0.15, 0.2) is 0 Å². The van der Waals surface area contributed by atoms with Gasteiger partial charge in [-0.25, -0.2) is 0 Å². The van der Waals surface area contributed by atoms with E-state index in [1.54, 1.807) is 11.3 Å². The minimum Gasteiger partial charge on any atom is -0.378 e. The molecular weight excluding hydrogens is 246 g/mol. The zero-order chi connectivity index (χ0) is 12.8. The van der Waals surface area contributed by atoms with Gasteiger partial charge in [0.05, 0.1) is 11.7 Å². The Labute approximate surface area is 113 Å². The molecule has 1 aromatic rings. The summed E-state index contributed by atoms with van der Waals surface area (Å²) in [6.45, 7) is 3.46. The Morgan fingerprint density at radius 3 is 2.94 bits per heavy atom. The second-order valence-electron chi connectivity index (χ2n) is 4.83. The number of nitrogens with one attached hydrogen (secondary N) is 1. The van der Waals surface area contributed by atoms with Gasteiger partial charge in [-0.3, -0.25) is 4.79 Å². The summed E-state index contributed by atoms with van der Waals surface area (Å²) in [7, 11) is 0. The molecule has 0 spiro atoms. The van der Waals surface area contributed by atoms with E-state index < -0.39 is 0 Å². The smallest absolute Gasteiger partial charge is 0.252 e. The molecule has 1 amide bonds. The third-order valence-electron chi connectivity index (χ3n) is 3.26. The van der Waals surface area contributed by atoms with Crippen molar-refractivity contribution in [2.45, 2.75) is 45.1 Å². The van der Waals surface area contributed by atoms with Gasteiger partial charge in [-0.15, -0.1) is 11.3 Å². The highest BCUT2D eigenvalue weighted by atomic mass is 32.1. The van der Waals surface area contributed by atoms with Gasteiger partial charge in [-0.05, 0) is 32.3 Å². The normalized spacial score (nSPS) is 16.1. The van der Waals surface area contributed by atoms with E-state index in [9.17, 15) is 4.79 Å². The lowest BCUT2D eigenvalue weighted by Crippen LogP contribution is -2.25. The highest BCUT2D eigenvalue weighted by Gasteiger charge is 2.14. The molecule has 1 aromatic heterocycles. The fourth-order valence-electron chi connectivity index (χ4n) is 2.24. The lowest BCUT2D eigenvalue weighted by molar-refractivity contribution is 0.0565. The SMILES string of the molecule is Cc1cc(C(=O)NCCCOC2CCCC2)cs1. The third kappa shape index (κ3) is 4.10. The van der Waals surface area contributed by atoms with Crippen LogP contribution in [0.25, 0.3) is 0 Å². The number of hydrogen-bond acceptors (Lipinski definition) is 3. The summed E-state index contributed by atoms with van der Waals surface area (Å²) in [6.07, 6.45) is 6.39. The van der Waals surface area contributed by atoms with Crippen molar-refractivity contribution in [3.05, 3.63) is 21.9 Å². The van der Waals surface area contributed by atoms with E-state index in [0.29, 0.717) is 12.6 Å². The molecule has 100 valence electrons. The molecule has 3 nitrogen and oxygen atoms in total. The van der Waals surface area contributed by atoms with Crippen LogP contribution in [0, 0.1) is 6.92 Å². The lowest BCUT2D eigenvalue weighted by atomic mass is 10.3. The number of thiophene rings is 1. The van der Waals surface area contributed by atoms with Crippen LogP contribution in [0.15, 0.2) is 11.4 Å². The summed E-state index contributed by atoms with van der Waals surface area (Å²) in [5.74, 6) is 0.0280. The van der Waals surface area contributed by atoms with Crippen molar-refractivity contribution in [1.29, 1.82) is 0 Å². The van der Waals surface area contributed by atoms with E-state index in [-0.39, 0.29) is 5.91 Å². The average molecular weight is 267 g/mol. The molecule has 2 rings (SSSR count). The Bertz CT molecular complexity index is 383. The monoisotopic (exact) mass is 267 g/mol. The first-order valence-corrected chi connectivity index (χ1v) is 7.58. The molecule has 1 heterocycles. The number of carbonyl (C=O) groups excluding carboxylic acids is 1. The number of amides is 1. The number of ether oxygens (including phenoxy) is 1. The minimum absolute atomic E-state index is 0.0280. The summed E-state index contributed by atoms with van der Waals surface area (Å²) < 4.78 is 5.75. The molecule has 4 heteroatoms. The van der Waals surface area contributed by atoms with Crippen molar-refractivity contribution < 1.29 is 9.53 Å². The van der Waals surface area contributed by atoms with Gasteiger partial charge < -0.3 is 10.1 Å². The van der Waals surface area contributed by atoms with Gasteiger partial charge in [0.25, 0.3) is 5.91 Å². The molecule has 1 N–H and O–H groups in total. The maximum Gasteiger partial charge on any atom is 0.252 e. The summed E-state index contributed by atoms with van der Waals surface area (Å²) in [5, 5.41) is 4.83. The summed E-state index contributed by atoms with van der Waals surface area (Å²) in [6, 6.07) is 1.93. The first-order valence-electron chi connectivity index (χ1n) is 6.70. The van der Waals surface area contributed by atoms with Crippen LogP contribution in [0.1, 0.15) is 47.3 Å². The molecule has 0 saturated heterocycles. The number of aryl methyl sites for hydroxylation is 1. The second-order valence-corrected chi connectivity index (χ2v) is 5.95. The third-order valence-corrected chi connectivity index (χ3v) is 4.12. The van der Waals surface area contributed by atoms with E-state index in [4.69, 9.17) is 4.74 Å². The van der Waals surface area contributed by atoms with Crippen LogP contribution in [0.4, 0.5) is 0 Å². The van der Waals surface area contributed by atoms with E-state index in [0.717, 1.165) is 18.6 Å². The van der Waals surface area contributed by atoms with Crippen LogP contribution >= 0.6 is 11.3 Å². The Morgan fingerprint density at radius 2 is 2.28 bits per heavy atom. The largest absolute Gasteiger partial charge is 0.378 e. The van der Waals surface area contributed by atoms with Crippen molar-refractivity contribution in [1.82, 2.24) is 5.32 Å². The highest BCUT2D eigenvalue weighted by molar-refractivity contribution is 7.10. The van der Waals surface area contributed by atoms with E-state index in [1.165, 1.54) is 30.6 Å². The molecule has 18 heavy (non-hydrogen) atoms. The van der Waals surface area contributed by atoms with E-state index in [2.05, 4.69) is 5.32 Å².